The molecule has 0 bridgehead atoms. The summed E-state index contributed by atoms with van der Waals surface area (Å²) in [5, 5.41) is 2.26. The minimum Gasteiger partial charge on any atom is -0.369 e. The number of nitrogens with one attached hydrogen (secondary N) is 1. The van der Waals surface area contributed by atoms with E-state index in [1.54, 1.807) is 6.07 Å². The van der Waals surface area contributed by atoms with Crippen LogP contribution < -0.4 is 11.1 Å². The number of halogens is 2. The van der Waals surface area contributed by atoms with Gasteiger partial charge in [-0.3, -0.25) is 19.5 Å². The Morgan fingerprint density at radius 3 is 2.90 bits per heavy atom. The number of benzene rings is 1. The normalized spacial score (nSPS) is 19.4. The zero-order valence-corrected chi connectivity index (χ0v) is 12.3. The van der Waals surface area contributed by atoms with Gasteiger partial charge in [-0.1, -0.05) is 0 Å². The molecule has 3 N–H and O–H groups in total. The Kier molecular flexibility index (Phi) is 3.11. The Morgan fingerprint density at radius 2 is 2.20 bits per heavy atom. The van der Waals surface area contributed by atoms with Crippen molar-refractivity contribution in [2.24, 2.45) is 0 Å². The second-order valence-corrected chi connectivity index (χ2v) is 5.72. The number of piperidine rings is 1. The number of nitrogens with two attached hydrogens (primary N) is 1. The third-order valence-corrected chi connectivity index (χ3v) is 4.11. The Hall–Kier alpha value is -1.71. The van der Waals surface area contributed by atoms with Crippen LogP contribution in [0.3, 0.4) is 0 Å². The first kappa shape index (κ1) is 13.3. The first-order chi connectivity index (χ1) is 9.47. The van der Waals surface area contributed by atoms with Gasteiger partial charge in [0.2, 0.25) is 17.8 Å². The standard InChI is InChI=1S/C12H10FIN4O2/c13-5-3-9-7(4-6(5)14)16-12(15)18(9)8-1-2-10(19)17-11(8)20/h3-4,8H,1-2H2,(H2,15,16)(H,17,19,20). The molecule has 2 aromatic rings. The monoisotopic (exact) mass is 388 g/mol. The predicted octanol–water partition coefficient (Wildman–Crippen LogP) is 1.34. The average molecular weight is 388 g/mol. The molecule has 104 valence electrons. The molecule has 1 aromatic heterocycles. The zero-order valence-electron chi connectivity index (χ0n) is 10.2. The van der Waals surface area contributed by atoms with Gasteiger partial charge in [0, 0.05) is 12.5 Å². The molecule has 8 heteroatoms. The molecule has 1 atom stereocenters. The van der Waals surface area contributed by atoms with E-state index in [9.17, 15) is 14.0 Å². The van der Waals surface area contributed by atoms with E-state index in [2.05, 4.69) is 10.3 Å². The summed E-state index contributed by atoms with van der Waals surface area (Å²) in [7, 11) is 0. The fourth-order valence-electron chi connectivity index (χ4n) is 2.37. The van der Waals surface area contributed by atoms with E-state index in [4.69, 9.17) is 5.73 Å². The van der Waals surface area contributed by atoms with Gasteiger partial charge in [0.1, 0.15) is 11.9 Å². The summed E-state index contributed by atoms with van der Waals surface area (Å²) in [5.74, 6) is -1.01. The van der Waals surface area contributed by atoms with Crippen LogP contribution in [0.4, 0.5) is 10.3 Å². The van der Waals surface area contributed by atoms with Gasteiger partial charge in [0.05, 0.1) is 14.6 Å². The van der Waals surface area contributed by atoms with Gasteiger partial charge in [-0.05, 0) is 35.1 Å². The Bertz CT molecular complexity index is 743. The lowest BCUT2D eigenvalue weighted by Gasteiger charge is -2.23. The molecule has 3 rings (SSSR count). The Labute approximate surface area is 126 Å². The van der Waals surface area contributed by atoms with Crippen LogP contribution in [-0.2, 0) is 9.59 Å². The molecule has 2 amide bonds. The lowest BCUT2D eigenvalue weighted by Crippen LogP contribution is -2.41. The van der Waals surface area contributed by atoms with Crippen LogP contribution in [0.15, 0.2) is 12.1 Å². The molecule has 1 fully saturated rings. The summed E-state index contributed by atoms with van der Waals surface area (Å²) in [5.41, 5.74) is 6.82. The van der Waals surface area contributed by atoms with Crippen molar-refractivity contribution in [1.82, 2.24) is 14.9 Å². The largest absolute Gasteiger partial charge is 0.369 e. The molecule has 0 saturated carbocycles. The fraction of sp³-hybridized carbons (Fsp3) is 0.250. The molecular formula is C12H10FIN4O2. The van der Waals surface area contributed by atoms with E-state index in [1.165, 1.54) is 10.6 Å². The Morgan fingerprint density at radius 1 is 1.45 bits per heavy atom. The van der Waals surface area contributed by atoms with Gasteiger partial charge in [-0.25, -0.2) is 9.37 Å². The maximum atomic E-state index is 13.7. The van der Waals surface area contributed by atoms with E-state index >= 15 is 0 Å². The second kappa shape index (κ2) is 4.69. The third-order valence-electron chi connectivity index (χ3n) is 3.28. The lowest BCUT2D eigenvalue weighted by atomic mass is 10.1. The summed E-state index contributed by atoms with van der Waals surface area (Å²) < 4.78 is 15.6. The number of fused-ring (bicyclic) bond motifs is 1. The Balaban J connectivity index is 2.16. The smallest absolute Gasteiger partial charge is 0.249 e. The maximum Gasteiger partial charge on any atom is 0.249 e. The molecule has 0 radical (unpaired) electrons. The molecule has 1 aliphatic heterocycles. The van der Waals surface area contributed by atoms with Crippen molar-refractivity contribution >= 4 is 51.4 Å². The van der Waals surface area contributed by atoms with Crippen molar-refractivity contribution < 1.29 is 14.0 Å². The summed E-state index contributed by atoms with van der Waals surface area (Å²) in [6.07, 6.45) is 0.552. The molecule has 1 aliphatic rings. The zero-order chi connectivity index (χ0) is 14.4. The number of nitrogens with zero attached hydrogens (tertiary/aromatic N) is 2. The molecule has 1 saturated heterocycles. The minimum absolute atomic E-state index is 0.135. The van der Waals surface area contributed by atoms with Crippen LogP contribution in [0, 0.1) is 9.39 Å². The summed E-state index contributed by atoms with van der Waals surface area (Å²) >= 11 is 1.87. The topological polar surface area (TPSA) is 90.0 Å². The number of nitrogen functional groups attached to an aromatic ring is 1. The highest BCUT2D eigenvalue weighted by Crippen LogP contribution is 2.29. The first-order valence-electron chi connectivity index (χ1n) is 5.93. The van der Waals surface area contributed by atoms with Crippen LogP contribution in [0.25, 0.3) is 11.0 Å². The number of hydrogen-bond acceptors (Lipinski definition) is 4. The van der Waals surface area contributed by atoms with Crippen LogP contribution >= 0.6 is 22.6 Å². The molecule has 2 heterocycles. The highest BCUT2D eigenvalue weighted by Gasteiger charge is 2.30. The van der Waals surface area contributed by atoms with E-state index in [0.29, 0.717) is 21.0 Å². The number of aromatic nitrogens is 2. The van der Waals surface area contributed by atoms with Gasteiger partial charge in [0.25, 0.3) is 0 Å². The molecular weight excluding hydrogens is 378 g/mol. The third kappa shape index (κ3) is 2.03. The van der Waals surface area contributed by atoms with Crippen LogP contribution in [0.1, 0.15) is 18.9 Å². The molecule has 1 unspecified atom stereocenters. The molecule has 0 aliphatic carbocycles. The number of imidazole rings is 1. The van der Waals surface area contributed by atoms with Crippen LogP contribution in [0.2, 0.25) is 0 Å². The number of rotatable bonds is 1. The molecule has 6 nitrogen and oxygen atoms in total. The molecule has 0 spiro atoms. The van der Waals surface area contributed by atoms with Crippen molar-refractivity contribution in [3.63, 3.8) is 0 Å². The van der Waals surface area contributed by atoms with Crippen LogP contribution in [0.5, 0.6) is 0 Å². The number of imide groups is 1. The number of hydrogen-bond donors (Lipinski definition) is 2. The van der Waals surface area contributed by atoms with E-state index in [0.717, 1.165) is 0 Å². The van der Waals surface area contributed by atoms with E-state index in [-0.39, 0.29) is 18.3 Å². The van der Waals surface area contributed by atoms with Crippen molar-refractivity contribution in [1.29, 1.82) is 0 Å². The SMILES string of the molecule is Nc1nc2cc(I)c(F)cc2n1C1CCC(=O)NC1=O. The lowest BCUT2D eigenvalue weighted by molar-refractivity contribution is -0.135. The van der Waals surface area contributed by atoms with Gasteiger partial charge in [-0.15, -0.1) is 0 Å². The minimum atomic E-state index is -0.642. The highest BCUT2D eigenvalue weighted by molar-refractivity contribution is 14.1. The van der Waals surface area contributed by atoms with Gasteiger partial charge in [0.15, 0.2) is 0 Å². The van der Waals surface area contributed by atoms with Gasteiger partial charge in [-0.2, -0.15) is 0 Å². The van der Waals surface area contributed by atoms with E-state index < -0.39 is 17.8 Å². The number of amides is 2. The highest BCUT2D eigenvalue weighted by atomic mass is 127. The predicted molar refractivity (Wildman–Crippen MR) is 78.2 cm³/mol. The maximum absolute atomic E-state index is 13.7. The average Bonchev–Trinajstić information content (AvgIpc) is 2.66. The number of carbonyl (C=O) groups excluding carboxylic acids is 2. The van der Waals surface area contributed by atoms with Crippen molar-refractivity contribution in [3.8, 4) is 0 Å². The molecule has 1 aromatic carbocycles. The summed E-state index contributed by atoms with van der Waals surface area (Å²) in [4.78, 5) is 27.3. The first-order valence-corrected chi connectivity index (χ1v) is 7.01. The van der Waals surface area contributed by atoms with Crippen molar-refractivity contribution in [3.05, 3.63) is 21.5 Å². The number of anilines is 1. The van der Waals surface area contributed by atoms with Crippen LogP contribution in [-0.4, -0.2) is 21.4 Å². The van der Waals surface area contributed by atoms with Crippen molar-refractivity contribution in [2.45, 2.75) is 18.9 Å². The molecule has 20 heavy (non-hydrogen) atoms. The number of carbonyl (C=O) groups is 2. The summed E-state index contributed by atoms with van der Waals surface area (Å²) in [6, 6.07) is 2.24. The fourth-order valence-corrected chi connectivity index (χ4v) is 2.82. The second-order valence-electron chi connectivity index (χ2n) is 4.56. The van der Waals surface area contributed by atoms with Gasteiger partial charge >= 0.3 is 0 Å². The van der Waals surface area contributed by atoms with Gasteiger partial charge < -0.3 is 5.73 Å². The van der Waals surface area contributed by atoms with E-state index in [1.807, 2.05) is 22.6 Å². The quantitative estimate of drug-likeness (QED) is 0.570. The van der Waals surface area contributed by atoms with Crippen molar-refractivity contribution in [2.75, 3.05) is 5.73 Å². The summed E-state index contributed by atoms with van der Waals surface area (Å²) in [6.45, 7) is 0.